The van der Waals surface area contributed by atoms with Crippen LogP contribution in [0.4, 0.5) is 5.82 Å². The Bertz CT molecular complexity index is 558. The van der Waals surface area contributed by atoms with E-state index in [0.717, 1.165) is 0 Å². The summed E-state index contributed by atoms with van der Waals surface area (Å²) >= 11 is 0. The molecular weight excluding hydrogens is 234 g/mol. The molecule has 0 bridgehead atoms. The molecule has 0 saturated heterocycles. The molecule has 2 aromatic rings. The number of anilines is 1. The molecule has 2 heterocycles. The predicted molar refractivity (Wildman–Crippen MR) is 66.0 cm³/mol. The minimum atomic E-state index is -0.355. The lowest BCUT2D eigenvalue weighted by Gasteiger charge is -2.18. The van der Waals surface area contributed by atoms with Crippen LogP contribution in [0.2, 0.25) is 0 Å². The van der Waals surface area contributed by atoms with E-state index in [1.807, 2.05) is 20.8 Å². The summed E-state index contributed by atoms with van der Waals surface area (Å²) in [5, 5.41) is 2.66. The number of H-pyrrole nitrogens is 1. The van der Waals surface area contributed by atoms with Gasteiger partial charge in [0.1, 0.15) is 18.5 Å². The first-order valence-electron chi connectivity index (χ1n) is 5.53. The zero-order chi connectivity index (χ0) is 13.2. The predicted octanol–water partition coefficient (Wildman–Crippen LogP) is 1.11. The van der Waals surface area contributed by atoms with E-state index in [1.165, 1.54) is 12.7 Å². The van der Waals surface area contributed by atoms with Crippen molar-refractivity contribution in [3.8, 4) is 0 Å². The van der Waals surface area contributed by atoms with Gasteiger partial charge in [0, 0.05) is 0 Å². The molecule has 18 heavy (non-hydrogen) atoms. The highest BCUT2D eigenvalue weighted by molar-refractivity contribution is 5.97. The maximum atomic E-state index is 11.7. The number of fused-ring (bicyclic) bond motifs is 1. The number of amides is 1. The monoisotopic (exact) mass is 249 g/mol. The zero-order valence-electron chi connectivity index (χ0n) is 10.5. The molecule has 0 aliphatic carbocycles. The molecule has 7 heteroatoms. The first-order valence-corrected chi connectivity index (χ1v) is 5.53. The molecule has 0 saturated carbocycles. The summed E-state index contributed by atoms with van der Waals surface area (Å²) in [6.07, 6.45) is 2.85. The van der Waals surface area contributed by atoms with Crippen molar-refractivity contribution < 1.29 is 9.53 Å². The maximum absolute atomic E-state index is 11.7. The molecule has 2 aromatic heterocycles. The van der Waals surface area contributed by atoms with Crippen LogP contribution in [0.5, 0.6) is 0 Å². The lowest BCUT2D eigenvalue weighted by atomic mass is 10.2. The normalized spacial score (nSPS) is 11.7. The Kier molecular flexibility index (Phi) is 3.24. The first-order chi connectivity index (χ1) is 8.46. The van der Waals surface area contributed by atoms with E-state index < -0.39 is 0 Å². The van der Waals surface area contributed by atoms with Crippen LogP contribution in [-0.4, -0.2) is 38.1 Å². The van der Waals surface area contributed by atoms with Crippen LogP contribution in [0.15, 0.2) is 12.7 Å². The van der Waals surface area contributed by atoms with E-state index in [1.54, 1.807) is 0 Å². The van der Waals surface area contributed by atoms with Crippen LogP contribution in [0, 0.1) is 0 Å². The van der Waals surface area contributed by atoms with Gasteiger partial charge in [0.05, 0.1) is 11.9 Å². The molecule has 7 nitrogen and oxygen atoms in total. The molecule has 0 spiro atoms. The summed E-state index contributed by atoms with van der Waals surface area (Å²) < 4.78 is 5.38. The quantitative estimate of drug-likeness (QED) is 0.849. The second-order valence-corrected chi connectivity index (χ2v) is 4.77. The molecular formula is C11H15N5O2. The van der Waals surface area contributed by atoms with Gasteiger partial charge < -0.3 is 15.0 Å². The third-order valence-corrected chi connectivity index (χ3v) is 2.12. The minimum Gasteiger partial charge on any atom is -0.366 e. The Balaban J connectivity index is 2.05. The van der Waals surface area contributed by atoms with Crippen LogP contribution >= 0.6 is 0 Å². The van der Waals surface area contributed by atoms with Gasteiger partial charge in [0.2, 0.25) is 0 Å². The number of imidazole rings is 1. The van der Waals surface area contributed by atoms with Gasteiger partial charge in [-0.15, -0.1) is 0 Å². The molecule has 0 fully saturated rings. The number of carbonyl (C=O) groups excluding carboxylic acids is 1. The molecule has 0 unspecified atom stereocenters. The molecule has 96 valence electrons. The molecule has 0 radical (unpaired) electrons. The topological polar surface area (TPSA) is 92.8 Å². The molecule has 0 aliphatic rings. The van der Waals surface area contributed by atoms with Crippen molar-refractivity contribution in [2.24, 2.45) is 0 Å². The molecule has 2 rings (SSSR count). The van der Waals surface area contributed by atoms with E-state index in [4.69, 9.17) is 4.74 Å². The van der Waals surface area contributed by atoms with Gasteiger partial charge in [-0.05, 0) is 20.8 Å². The fourth-order valence-corrected chi connectivity index (χ4v) is 1.31. The van der Waals surface area contributed by atoms with Gasteiger partial charge in [-0.25, -0.2) is 15.0 Å². The van der Waals surface area contributed by atoms with Crippen molar-refractivity contribution in [2.45, 2.75) is 26.4 Å². The van der Waals surface area contributed by atoms with Crippen molar-refractivity contribution in [3.05, 3.63) is 12.7 Å². The average Bonchev–Trinajstić information content (AvgIpc) is 2.74. The molecule has 2 N–H and O–H groups in total. The highest BCUT2D eigenvalue weighted by atomic mass is 16.5. The first kappa shape index (κ1) is 12.4. The number of carbonyl (C=O) groups is 1. The third-order valence-electron chi connectivity index (χ3n) is 2.12. The van der Waals surface area contributed by atoms with Crippen LogP contribution in [-0.2, 0) is 9.53 Å². The number of aromatic amines is 1. The van der Waals surface area contributed by atoms with E-state index >= 15 is 0 Å². The zero-order valence-corrected chi connectivity index (χ0v) is 10.5. The number of ether oxygens (including phenoxy) is 1. The highest BCUT2D eigenvalue weighted by Gasteiger charge is 2.14. The second kappa shape index (κ2) is 4.69. The van der Waals surface area contributed by atoms with Crippen molar-refractivity contribution in [2.75, 3.05) is 11.9 Å². The SMILES string of the molecule is CC(C)(C)OCC(=O)Nc1ncnc2nc[nH]c12. The Morgan fingerprint density at radius 1 is 1.39 bits per heavy atom. The standard InChI is InChI=1S/C11H15N5O2/c1-11(2,3)18-4-7(17)16-10-8-9(13-5-12-8)14-6-15-10/h5-6H,4H2,1-3H3,(H2,12,13,14,15,16,17). The number of aromatic nitrogens is 4. The van der Waals surface area contributed by atoms with Gasteiger partial charge >= 0.3 is 0 Å². The fourth-order valence-electron chi connectivity index (χ4n) is 1.31. The Morgan fingerprint density at radius 3 is 2.89 bits per heavy atom. The summed E-state index contributed by atoms with van der Waals surface area (Å²) in [7, 11) is 0. The second-order valence-electron chi connectivity index (χ2n) is 4.77. The van der Waals surface area contributed by atoms with E-state index in [9.17, 15) is 4.79 Å². The number of hydrogen-bond acceptors (Lipinski definition) is 5. The number of hydrogen-bond donors (Lipinski definition) is 2. The highest BCUT2D eigenvalue weighted by Crippen LogP contribution is 2.14. The van der Waals surface area contributed by atoms with Crippen molar-refractivity contribution >= 4 is 22.9 Å². The minimum absolute atomic E-state index is 0.0247. The Morgan fingerprint density at radius 2 is 2.17 bits per heavy atom. The Labute approximate surface area is 104 Å². The molecule has 0 aromatic carbocycles. The number of nitrogens with zero attached hydrogens (tertiary/aromatic N) is 3. The van der Waals surface area contributed by atoms with E-state index in [-0.39, 0.29) is 18.1 Å². The average molecular weight is 249 g/mol. The summed E-state index contributed by atoms with van der Waals surface area (Å²) in [5.74, 6) is 0.138. The molecule has 1 amide bonds. The van der Waals surface area contributed by atoms with Gasteiger partial charge in [-0.3, -0.25) is 4.79 Å². The number of nitrogens with one attached hydrogen (secondary N) is 2. The molecule has 0 atom stereocenters. The van der Waals surface area contributed by atoms with Crippen molar-refractivity contribution in [3.63, 3.8) is 0 Å². The summed E-state index contributed by atoms with van der Waals surface area (Å²) in [5.41, 5.74) is 0.755. The van der Waals surface area contributed by atoms with Crippen molar-refractivity contribution in [1.82, 2.24) is 19.9 Å². The van der Waals surface area contributed by atoms with Gasteiger partial charge in [0.15, 0.2) is 11.5 Å². The third kappa shape index (κ3) is 3.01. The van der Waals surface area contributed by atoms with E-state index in [2.05, 4.69) is 25.3 Å². The fraction of sp³-hybridized carbons (Fsp3) is 0.455. The number of rotatable bonds is 3. The summed E-state index contributed by atoms with van der Waals surface area (Å²) in [6.45, 7) is 5.64. The Hall–Kier alpha value is -2.02. The lowest BCUT2D eigenvalue weighted by molar-refractivity contribution is -0.125. The maximum Gasteiger partial charge on any atom is 0.251 e. The van der Waals surface area contributed by atoms with Crippen LogP contribution in [0.25, 0.3) is 11.2 Å². The largest absolute Gasteiger partial charge is 0.366 e. The van der Waals surface area contributed by atoms with Gasteiger partial charge in [-0.2, -0.15) is 0 Å². The van der Waals surface area contributed by atoms with Crippen LogP contribution in [0.3, 0.4) is 0 Å². The van der Waals surface area contributed by atoms with E-state index in [0.29, 0.717) is 17.0 Å². The molecule has 0 aliphatic heterocycles. The summed E-state index contributed by atoms with van der Waals surface area (Å²) in [4.78, 5) is 26.5. The summed E-state index contributed by atoms with van der Waals surface area (Å²) in [6, 6.07) is 0. The van der Waals surface area contributed by atoms with Crippen molar-refractivity contribution in [1.29, 1.82) is 0 Å². The van der Waals surface area contributed by atoms with Gasteiger partial charge in [-0.1, -0.05) is 0 Å². The smallest absolute Gasteiger partial charge is 0.251 e. The van der Waals surface area contributed by atoms with Crippen LogP contribution < -0.4 is 5.32 Å². The lowest BCUT2D eigenvalue weighted by Crippen LogP contribution is -2.27. The van der Waals surface area contributed by atoms with Gasteiger partial charge in [0.25, 0.3) is 5.91 Å². The van der Waals surface area contributed by atoms with Crippen LogP contribution in [0.1, 0.15) is 20.8 Å².